The SMILES string of the molecule is FC(Sc1ccccc1)=C1CCCCC1. The van der Waals surface area contributed by atoms with Gasteiger partial charge in [0, 0.05) is 4.90 Å². The Bertz CT molecular complexity index is 335. The van der Waals surface area contributed by atoms with E-state index in [1.165, 1.54) is 18.2 Å². The Labute approximate surface area is 94.6 Å². The van der Waals surface area contributed by atoms with E-state index in [0.717, 1.165) is 36.2 Å². The summed E-state index contributed by atoms with van der Waals surface area (Å²) >= 11 is 1.26. The van der Waals surface area contributed by atoms with E-state index < -0.39 is 0 Å². The fourth-order valence-electron chi connectivity index (χ4n) is 1.84. The number of benzene rings is 1. The molecule has 1 saturated carbocycles. The molecule has 1 aromatic rings. The predicted molar refractivity (Wildman–Crippen MR) is 63.5 cm³/mol. The molecule has 0 aliphatic heterocycles. The fourth-order valence-corrected chi connectivity index (χ4v) is 2.69. The lowest BCUT2D eigenvalue weighted by Gasteiger charge is -2.14. The highest BCUT2D eigenvalue weighted by Gasteiger charge is 2.12. The van der Waals surface area contributed by atoms with Crippen molar-refractivity contribution in [2.75, 3.05) is 0 Å². The van der Waals surface area contributed by atoms with Gasteiger partial charge in [-0.2, -0.15) is 4.39 Å². The summed E-state index contributed by atoms with van der Waals surface area (Å²) in [5.41, 5.74) is 1.02. The molecule has 1 aromatic carbocycles. The summed E-state index contributed by atoms with van der Waals surface area (Å²) in [5.74, 6) is 0. The van der Waals surface area contributed by atoms with Crippen LogP contribution in [0.25, 0.3) is 0 Å². The molecular formula is C13H15FS. The Kier molecular flexibility index (Phi) is 3.84. The smallest absolute Gasteiger partial charge is 0.160 e. The van der Waals surface area contributed by atoms with Crippen LogP contribution in [0.1, 0.15) is 32.1 Å². The monoisotopic (exact) mass is 222 g/mol. The van der Waals surface area contributed by atoms with Gasteiger partial charge in [-0.1, -0.05) is 36.4 Å². The van der Waals surface area contributed by atoms with Crippen molar-refractivity contribution in [3.8, 4) is 0 Å². The van der Waals surface area contributed by atoms with Crippen LogP contribution >= 0.6 is 11.8 Å². The van der Waals surface area contributed by atoms with Crippen molar-refractivity contribution in [1.29, 1.82) is 0 Å². The first-order valence-electron chi connectivity index (χ1n) is 5.47. The molecule has 0 bridgehead atoms. The number of hydrogen-bond acceptors (Lipinski definition) is 1. The molecule has 0 heterocycles. The molecule has 0 aromatic heterocycles. The molecule has 2 heteroatoms. The van der Waals surface area contributed by atoms with Crippen molar-refractivity contribution < 1.29 is 4.39 Å². The Hall–Kier alpha value is -0.760. The lowest BCUT2D eigenvalue weighted by molar-refractivity contribution is 0.568. The van der Waals surface area contributed by atoms with Crippen LogP contribution in [0.15, 0.2) is 46.0 Å². The molecule has 0 atom stereocenters. The van der Waals surface area contributed by atoms with Gasteiger partial charge in [0.05, 0.1) is 0 Å². The van der Waals surface area contributed by atoms with Crippen LogP contribution in [-0.2, 0) is 0 Å². The summed E-state index contributed by atoms with van der Waals surface area (Å²) in [7, 11) is 0. The number of rotatable bonds is 2. The normalized spacial score (nSPS) is 16.5. The quantitative estimate of drug-likeness (QED) is 0.640. The van der Waals surface area contributed by atoms with E-state index in [9.17, 15) is 4.39 Å². The third-order valence-corrected chi connectivity index (χ3v) is 3.66. The average molecular weight is 222 g/mol. The molecular weight excluding hydrogens is 207 g/mol. The molecule has 1 fully saturated rings. The van der Waals surface area contributed by atoms with E-state index in [1.807, 2.05) is 30.3 Å². The first-order chi connectivity index (χ1) is 7.36. The summed E-state index contributed by atoms with van der Waals surface area (Å²) in [6.07, 6.45) is 5.46. The molecule has 0 spiro atoms. The minimum absolute atomic E-state index is 0.0286. The lowest BCUT2D eigenvalue weighted by atomic mass is 9.96. The second-order valence-corrected chi connectivity index (χ2v) is 4.89. The summed E-state index contributed by atoms with van der Waals surface area (Å²) in [6.45, 7) is 0. The minimum Gasteiger partial charge on any atom is -0.199 e. The zero-order chi connectivity index (χ0) is 10.5. The fraction of sp³-hybridized carbons (Fsp3) is 0.385. The van der Waals surface area contributed by atoms with Crippen molar-refractivity contribution in [3.63, 3.8) is 0 Å². The number of halogens is 1. The second-order valence-electron chi connectivity index (χ2n) is 3.85. The van der Waals surface area contributed by atoms with Crippen LogP contribution in [0, 0.1) is 0 Å². The molecule has 0 radical (unpaired) electrons. The maximum atomic E-state index is 13.8. The summed E-state index contributed by atoms with van der Waals surface area (Å²) in [6, 6.07) is 9.75. The van der Waals surface area contributed by atoms with E-state index in [-0.39, 0.29) is 5.16 Å². The van der Waals surface area contributed by atoms with Crippen molar-refractivity contribution >= 4 is 11.8 Å². The summed E-state index contributed by atoms with van der Waals surface area (Å²) in [5, 5.41) is 0.0286. The van der Waals surface area contributed by atoms with Crippen LogP contribution in [-0.4, -0.2) is 0 Å². The average Bonchev–Trinajstić information content (AvgIpc) is 2.31. The van der Waals surface area contributed by atoms with Crippen LogP contribution in [0.2, 0.25) is 0 Å². The van der Waals surface area contributed by atoms with Crippen LogP contribution in [0.5, 0.6) is 0 Å². The molecule has 15 heavy (non-hydrogen) atoms. The Morgan fingerprint density at radius 1 is 1.00 bits per heavy atom. The molecule has 1 aliphatic rings. The van der Waals surface area contributed by atoms with E-state index in [2.05, 4.69) is 0 Å². The molecule has 0 N–H and O–H groups in total. The zero-order valence-electron chi connectivity index (χ0n) is 8.71. The van der Waals surface area contributed by atoms with E-state index >= 15 is 0 Å². The van der Waals surface area contributed by atoms with Crippen molar-refractivity contribution in [2.24, 2.45) is 0 Å². The van der Waals surface area contributed by atoms with E-state index in [0.29, 0.717) is 0 Å². The Morgan fingerprint density at radius 3 is 2.33 bits per heavy atom. The predicted octanol–water partition coefficient (Wildman–Crippen LogP) is 4.92. The van der Waals surface area contributed by atoms with Gasteiger partial charge in [-0.15, -0.1) is 0 Å². The molecule has 1 aliphatic carbocycles. The van der Waals surface area contributed by atoms with Gasteiger partial charge in [0.15, 0.2) is 5.16 Å². The molecule has 0 nitrogen and oxygen atoms in total. The van der Waals surface area contributed by atoms with E-state index in [1.54, 1.807) is 0 Å². The van der Waals surface area contributed by atoms with Crippen LogP contribution in [0.4, 0.5) is 4.39 Å². The number of thioether (sulfide) groups is 1. The standard InChI is InChI=1S/C13H15FS/c14-13(11-7-3-1-4-8-11)15-12-9-5-2-6-10-12/h2,5-6,9-10H,1,3-4,7-8H2. The van der Waals surface area contributed by atoms with Gasteiger partial charge in [-0.05, 0) is 43.4 Å². The highest BCUT2D eigenvalue weighted by Crippen LogP contribution is 2.35. The molecule has 2 rings (SSSR count). The third-order valence-electron chi connectivity index (χ3n) is 2.69. The van der Waals surface area contributed by atoms with Crippen molar-refractivity contribution in [1.82, 2.24) is 0 Å². The molecule has 0 saturated heterocycles. The highest BCUT2D eigenvalue weighted by molar-refractivity contribution is 8.02. The van der Waals surface area contributed by atoms with Gasteiger partial charge < -0.3 is 0 Å². The van der Waals surface area contributed by atoms with Crippen molar-refractivity contribution in [2.45, 2.75) is 37.0 Å². The Morgan fingerprint density at radius 2 is 1.67 bits per heavy atom. The van der Waals surface area contributed by atoms with Gasteiger partial charge in [0.1, 0.15) is 0 Å². The number of allylic oxidation sites excluding steroid dienone is 1. The number of hydrogen-bond donors (Lipinski definition) is 0. The van der Waals surface area contributed by atoms with Crippen LogP contribution < -0.4 is 0 Å². The van der Waals surface area contributed by atoms with E-state index in [4.69, 9.17) is 0 Å². The zero-order valence-corrected chi connectivity index (χ0v) is 9.52. The van der Waals surface area contributed by atoms with Gasteiger partial charge in [0.2, 0.25) is 0 Å². The second kappa shape index (κ2) is 5.36. The highest BCUT2D eigenvalue weighted by atomic mass is 32.2. The van der Waals surface area contributed by atoms with Crippen LogP contribution in [0.3, 0.4) is 0 Å². The molecule has 80 valence electrons. The maximum Gasteiger partial charge on any atom is 0.160 e. The Balaban J connectivity index is 2.05. The summed E-state index contributed by atoms with van der Waals surface area (Å²) < 4.78 is 13.8. The van der Waals surface area contributed by atoms with Gasteiger partial charge in [-0.25, -0.2) is 0 Å². The van der Waals surface area contributed by atoms with Gasteiger partial charge in [0.25, 0.3) is 0 Å². The lowest BCUT2D eigenvalue weighted by Crippen LogP contribution is -1.94. The topological polar surface area (TPSA) is 0 Å². The molecule has 0 amide bonds. The third kappa shape index (κ3) is 3.10. The minimum atomic E-state index is 0.0286. The van der Waals surface area contributed by atoms with Crippen molar-refractivity contribution in [3.05, 3.63) is 41.1 Å². The summed E-state index contributed by atoms with van der Waals surface area (Å²) in [4.78, 5) is 0.994. The first kappa shape index (κ1) is 10.7. The van der Waals surface area contributed by atoms with Gasteiger partial charge >= 0.3 is 0 Å². The largest absolute Gasteiger partial charge is 0.199 e. The first-order valence-corrected chi connectivity index (χ1v) is 6.28. The van der Waals surface area contributed by atoms with Gasteiger partial charge in [-0.3, -0.25) is 0 Å². The maximum absolute atomic E-state index is 13.8. The molecule has 0 unspecified atom stereocenters.